The molecule has 0 aliphatic heterocycles. The Kier molecular flexibility index (Phi) is 5.48. The molecule has 0 heterocycles. The Morgan fingerprint density at radius 3 is 2.40 bits per heavy atom. The molecule has 0 unspecified atom stereocenters. The van der Waals surface area contributed by atoms with Crippen LogP contribution in [0, 0.1) is 0 Å². The summed E-state index contributed by atoms with van der Waals surface area (Å²) >= 11 is 0. The molecule has 0 spiro atoms. The average Bonchev–Trinajstić information content (AvgIpc) is 2.18. The molecule has 1 saturated carbocycles. The number of benzene rings is 1. The topological polar surface area (TPSA) is 46.5 Å². The molecule has 1 aromatic rings. The molecule has 15 heavy (non-hydrogen) atoms. The van der Waals surface area contributed by atoms with E-state index in [1.165, 1.54) is 24.8 Å². The van der Waals surface area contributed by atoms with E-state index in [1.807, 2.05) is 6.07 Å². The molecule has 1 fully saturated rings. The first-order chi connectivity index (χ1) is 7.36. The maximum Gasteiger partial charge on any atom is 0.290 e. The molecular formula is C12H16O3. The summed E-state index contributed by atoms with van der Waals surface area (Å²) in [6.07, 6.45) is 4.41. The molecule has 0 atom stereocenters. The molecule has 3 nitrogen and oxygen atoms in total. The van der Waals surface area contributed by atoms with E-state index in [2.05, 4.69) is 24.3 Å². The van der Waals surface area contributed by atoms with Gasteiger partial charge in [0.25, 0.3) is 6.47 Å². The summed E-state index contributed by atoms with van der Waals surface area (Å²) in [4.78, 5) is 8.36. The van der Waals surface area contributed by atoms with E-state index in [9.17, 15) is 0 Å². The Labute approximate surface area is 89.7 Å². The lowest BCUT2D eigenvalue weighted by Crippen LogP contribution is -2.21. The van der Waals surface area contributed by atoms with E-state index >= 15 is 0 Å². The highest BCUT2D eigenvalue weighted by molar-refractivity contribution is 5.32. The SMILES string of the molecule is O=CO.c1ccc(COC2CCC2)cc1. The average molecular weight is 208 g/mol. The second-order valence-corrected chi connectivity index (χ2v) is 3.45. The number of carboxylic acid groups (broad SMARTS) is 1. The zero-order valence-corrected chi connectivity index (χ0v) is 8.63. The number of hydrogen-bond donors (Lipinski definition) is 1. The lowest BCUT2D eigenvalue weighted by atomic mass is 9.96. The summed E-state index contributed by atoms with van der Waals surface area (Å²) in [6, 6.07) is 10.4. The summed E-state index contributed by atoms with van der Waals surface area (Å²) in [6.45, 7) is 0.533. The van der Waals surface area contributed by atoms with E-state index < -0.39 is 0 Å². The van der Waals surface area contributed by atoms with Gasteiger partial charge in [-0.3, -0.25) is 4.79 Å². The number of hydrogen-bond acceptors (Lipinski definition) is 2. The molecule has 0 bridgehead atoms. The third-order valence-electron chi connectivity index (χ3n) is 2.38. The molecule has 0 amide bonds. The molecule has 0 radical (unpaired) electrons. The number of carbonyl (C=O) groups is 1. The molecular weight excluding hydrogens is 192 g/mol. The second kappa shape index (κ2) is 7.01. The van der Waals surface area contributed by atoms with Gasteiger partial charge in [-0.25, -0.2) is 0 Å². The van der Waals surface area contributed by atoms with Gasteiger partial charge < -0.3 is 9.84 Å². The van der Waals surface area contributed by atoms with Crippen molar-refractivity contribution in [2.24, 2.45) is 0 Å². The van der Waals surface area contributed by atoms with Crippen LogP contribution in [0.3, 0.4) is 0 Å². The van der Waals surface area contributed by atoms with Crippen molar-refractivity contribution in [2.45, 2.75) is 32.0 Å². The van der Waals surface area contributed by atoms with Crippen molar-refractivity contribution >= 4 is 6.47 Å². The van der Waals surface area contributed by atoms with Crippen molar-refractivity contribution in [3.05, 3.63) is 35.9 Å². The lowest BCUT2D eigenvalue weighted by Gasteiger charge is -2.25. The van der Waals surface area contributed by atoms with Crippen LogP contribution in [0.25, 0.3) is 0 Å². The minimum Gasteiger partial charge on any atom is -0.483 e. The van der Waals surface area contributed by atoms with Gasteiger partial charge in [-0.15, -0.1) is 0 Å². The van der Waals surface area contributed by atoms with Crippen LogP contribution in [0.4, 0.5) is 0 Å². The summed E-state index contributed by atoms with van der Waals surface area (Å²) in [5.74, 6) is 0. The van der Waals surface area contributed by atoms with E-state index in [4.69, 9.17) is 14.6 Å². The van der Waals surface area contributed by atoms with E-state index in [0.29, 0.717) is 6.10 Å². The van der Waals surface area contributed by atoms with Crippen LogP contribution < -0.4 is 0 Å². The quantitative estimate of drug-likeness (QED) is 0.776. The molecule has 1 N–H and O–H groups in total. The van der Waals surface area contributed by atoms with Crippen LogP contribution in [0.2, 0.25) is 0 Å². The predicted octanol–water partition coefficient (Wildman–Crippen LogP) is 2.46. The zero-order valence-electron chi connectivity index (χ0n) is 8.63. The first-order valence-corrected chi connectivity index (χ1v) is 5.10. The van der Waals surface area contributed by atoms with E-state index in [1.54, 1.807) is 0 Å². The fourth-order valence-electron chi connectivity index (χ4n) is 1.33. The fourth-order valence-corrected chi connectivity index (χ4v) is 1.33. The standard InChI is InChI=1S/C11H14O.CH2O2/c1-2-5-10(6-3-1)9-12-11-7-4-8-11;2-1-3/h1-3,5-6,11H,4,7-9H2;1H,(H,2,3). The Balaban J connectivity index is 0.000000337. The van der Waals surface area contributed by atoms with Gasteiger partial charge in [-0.05, 0) is 24.8 Å². The van der Waals surface area contributed by atoms with Crippen LogP contribution in [-0.4, -0.2) is 17.7 Å². The molecule has 82 valence electrons. The third-order valence-corrected chi connectivity index (χ3v) is 2.38. The molecule has 1 aromatic carbocycles. The van der Waals surface area contributed by atoms with Crippen molar-refractivity contribution in [2.75, 3.05) is 0 Å². The fraction of sp³-hybridized carbons (Fsp3) is 0.417. The highest BCUT2D eigenvalue weighted by Gasteiger charge is 2.17. The van der Waals surface area contributed by atoms with Crippen molar-refractivity contribution in [3.8, 4) is 0 Å². The zero-order chi connectivity index (χ0) is 10.9. The van der Waals surface area contributed by atoms with Gasteiger partial charge in [0, 0.05) is 0 Å². The summed E-state index contributed by atoms with van der Waals surface area (Å²) in [5.41, 5.74) is 1.28. The Morgan fingerprint density at radius 2 is 1.93 bits per heavy atom. The van der Waals surface area contributed by atoms with Crippen LogP contribution in [-0.2, 0) is 16.1 Å². The van der Waals surface area contributed by atoms with E-state index in [-0.39, 0.29) is 6.47 Å². The van der Waals surface area contributed by atoms with Crippen LogP contribution in [0.1, 0.15) is 24.8 Å². The van der Waals surface area contributed by atoms with E-state index in [0.717, 1.165) is 6.61 Å². The summed E-state index contributed by atoms with van der Waals surface area (Å²) in [7, 11) is 0. The molecule has 0 aromatic heterocycles. The van der Waals surface area contributed by atoms with Crippen molar-refractivity contribution < 1.29 is 14.6 Å². The largest absolute Gasteiger partial charge is 0.483 e. The minimum atomic E-state index is -0.250. The highest BCUT2D eigenvalue weighted by Crippen LogP contribution is 2.22. The highest BCUT2D eigenvalue weighted by atomic mass is 16.5. The van der Waals surface area contributed by atoms with Gasteiger partial charge in [0.15, 0.2) is 0 Å². The van der Waals surface area contributed by atoms with Gasteiger partial charge in [0.05, 0.1) is 12.7 Å². The van der Waals surface area contributed by atoms with Crippen LogP contribution in [0.5, 0.6) is 0 Å². The van der Waals surface area contributed by atoms with Crippen LogP contribution >= 0.6 is 0 Å². The molecule has 3 heteroatoms. The summed E-state index contributed by atoms with van der Waals surface area (Å²) < 4.78 is 5.66. The maximum absolute atomic E-state index is 8.36. The Bertz CT molecular complexity index is 267. The Morgan fingerprint density at radius 1 is 1.33 bits per heavy atom. The van der Waals surface area contributed by atoms with Crippen LogP contribution in [0.15, 0.2) is 30.3 Å². The number of rotatable bonds is 3. The lowest BCUT2D eigenvalue weighted by molar-refractivity contribution is -0.122. The van der Waals surface area contributed by atoms with Crippen molar-refractivity contribution in [3.63, 3.8) is 0 Å². The van der Waals surface area contributed by atoms with Gasteiger partial charge in [-0.1, -0.05) is 30.3 Å². The summed E-state index contributed by atoms with van der Waals surface area (Å²) in [5, 5.41) is 6.89. The minimum absolute atomic E-state index is 0.250. The first-order valence-electron chi connectivity index (χ1n) is 5.10. The molecule has 1 aliphatic rings. The molecule has 1 aliphatic carbocycles. The third kappa shape index (κ3) is 4.61. The number of ether oxygens (including phenoxy) is 1. The second-order valence-electron chi connectivity index (χ2n) is 3.45. The monoisotopic (exact) mass is 208 g/mol. The van der Waals surface area contributed by atoms with Gasteiger partial charge in [0.2, 0.25) is 0 Å². The van der Waals surface area contributed by atoms with Gasteiger partial charge in [-0.2, -0.15) is 0 Å². The first kappa shape index (κ1) is 11.7. The molecule has 2 rings (SSSR count). The maximum atomic E-state index is 8.36. The molecule has 0 saturated heterocycles. The Hall–Kier alpha value is -1.35. The van der Waals surface area contributed by atoms with Gasteiger partial charge in [0.1, 0.15) is 0 Å². The van der Waals surface area contributed by atoms with Gasteiger partial charge >= 0.3 is 0 Å². The smallest absolute Gasteiger partial charge is 0.290 e. The van der Waals surface area contributed by atoms with Crippen molar-refractivity contribution in [1.82, 2.24) is 0 Å². The predicted molar refractivity (Wildman–Crippen MR) is 57.6 cm³/mol. The van der Waals surface area contributed by atoms with Crippen molar-refractivity contribution in [1.29, 1.82) is 0 Å². The normalized spacial score (nSPS) is 14.7.